The quantitative estimate of drug-likeness (QED) is 0.499. The zero-order chi connectivity index (χ0) is 14.9. The summed E-state index contributed by atoms with van der Waals surface area (Å²) in [6.45, 7) is 2.26. The predicted octanol–water partition coefficient (Wildman–Crippen LogP) is 6.47. The van der Waals surface area contributed by atoms with Gasteiger partial charge in [0, 0.05) is 9.58 Å². The summed E-state index contributed by atoms with van der Waals surface area (Å²) in [5, 5.41) is 11.6. The molecule has 1 unspecified atom stereocenters. The molecule has 0 radical (unpaired) electrons. The van der Waals surface area contributed by atoms with Crippen LogP contribution in [-0.4, -0.2) is 5.11 Å². The Labute approximate surface area is 133 Å². The number of aliphatic hydroxyl groups excluding tert-OH is 1. The van der Waals surface area contributed by atoms with Crippen LogP contribution in [0.3, 0.4) is 0 Å². The second kappa shape index (κ2) is 9.22. The highest BCUT2D eigenvalue weighted by atomic mass is 32.1. The van der Waals surface area contributed by atoms with Crippen LogP contribution >= 0.6 is 11.3 Å². The van der Waals surface area contributed by atoms with Crippen molar-refractivity contribution >= 4 is 21.4 Å². The van der Waals surface area contributed by atoms with E-state index < -0.39 is 0 Å². The van der Waals surface area contributed by atoms with Crippen molar-refractivity contribution in [2.24, 2.45) is 0 Å². The molecule has 0 fully saturated rings. The topological polar surface area (TPSA) is 20.2 Å². The highest BCUT2D eigenvalue weighted by Gasteiger charge is 2.10. The number of hydrogen-bond acceptors (Lipinski definition) is 2. The second-order valence-electron chi connectivity index (χ2n) is 5.97. The molecule has 0 amide bonds. The average molecular weight is 304 g/mol. The minimum absolute atomic E-state index is 0.275. The highest BCUT2D eigenvalue weighted by Crippen LogP contribution is 2.32. The molecule has 1 heterocycles. The fourth-order valence-corrected chi connectivity index (χ4v) is 3.87. The van der Waals surface area contributed by atoms with Gasteiger partial charge in [0.1, 0.15) is 0 Å². The number of thiophene rings is 1. The SMILES string of the molecule is CCCCCCCCCCC(O)c1cc2ccccc2s1. The molecule has 1 aromatic heterocycles. The fraction of sp³-hybridized carbons (Fsp3) is 0.579. The zero-order valence-corrected chi connectivity index (χ0v) is 14.0. The van der Waals surface area contributed by atoms with Gasteiger partial charge < -0.3 is 5.11 Å². The number of hydrogen-bond donors (Lipinski definition) is 1. The predicted molar refractivity (Wildman–Crippen MR) is 94.0 cm³/mol. The van der Waals surface area contributed by atoms with E-state index >= 15 is 0 Å². The first-order chi connectivity index (χ1) is 10.3. The molecule has 0 aliphatic rings. The smallest absolute Gasteiger partial charge is 0.0882 e. The van der Waals surface area contributed by atoms with Crippen LogP contribution < -0.4 is 0 Å². The summed E-state index contributed by atoms with van der Waals surface area (Å²) in [6.07, 6.45) is 11.2. The number of fused-ring (bicyclic) bond motifs is 1. The van der Waals surface area contributed by atoms with Gasteiger partial charge in [-0.2, -0.15) is 0 Å². The third-order valence-electron chi connectivity index (χ3n) is 4.10. The molecular formula is C19H28OS. The van der Waals surface area contributed by atoms with Crippen molar-refractivity contribution in [2.75, 3.05) is 0 Å². The molecule has 2 rings (SSSR count). The number of rotatable bonds is 10. The van der Waals surface area contributed by atoms with Gasteiger partial charge in [-0.15, -0.1) is 11.3 Å². The first-order valence-electron chi connectivity index (χ1n) is 8.48. The maximum atomic E-state index is 10.3. The van der Waals surface area contributed by atoms with Crippen LogP contribution in [-0.2, 0) is 0 Å². The largest absolute Gasteiger partial charge is 0.388 e. The van der Waals surface area contributed by atoms with Gasteiger partial charge >= 0.3 is 0 Å². The van der Waals surface area contributed by atoms with E-state index in [1.807, 2.05) is 0 Å². The normalized spacial score (nSPS) is 12.9. The van der Waals surface area contributed by atoms with E-state index in [2.05, 4.69) is 37.3 Å². The van der Waals surface area contributed by atoms with Gasteiger partial charge in [0.15, 0.2) is 0 Å². The van der Waals surface area contributed by atoms with Crippen molar-refractivity contribution in [3.63, 3.8) is 0 Å². The Kier molecular flexibility index (Phi) is 7.25. The molecule has 116 valence electrons. The molecule has 21 heavy (non-hydrogen) atoms. The molecule has 1 N–H and O–H groups in total. The molecule has 1 nitrogen and oxygen atoms in total. The van der Waals surface area contributed by atoms with Crippen LogP contribution in [0.15, 0.2) is 30.3 Å². The molecule has 0 spiro atoms. The molecule has 1 atom stereocenters. The Hall–Kier alpha value is -0.860. The van der Waals surface area contributed by atoms with Gasteiger partial charge in [-0.05, 0) is 23.9 Å². The fourth-order valence-electron chi connectivity index (χ4n) is 2.78. The summed E-state index contributed by atoms with van der Waals surface area (Å²) >= 11 is 1.73. The molecule has 0 bridgehead atoms. The van der Waals surface area contributed by atoms with Gasteiger partial charge in [-0.25, -0.2) is 0 Å². The third kappa shape index (κ3) is 5.44. The van der Waals surface area contributed by atoms with Crippen molar-refractivity contribution in [2.45, 2.75) is 70.8 Å². The Morgan fingerprint density at radius 1 is 0.952 bits per heavy atom. The van der Waals surface area contributed by atoms with Crippen LogP contribution in [0, 0.1) is 0 Å². The maximum Gasteiger partial charge on any atom is 0.0882 e. The second-order valence-corrected chi connectivity index (χ2v) is 7.08. The maximum absolute atomic E-state index is 10.3. The summed E-state index contributed by atoms with van der Waals surface area (Å²) in [5.41, 5.74) is 0. The Balaban J connectivity index is 1.64. The summed E-state index contributed by atoms with van der Waals surface area (Å²) in [4.78, 5) is 1.12. The molecular weight excluding hydrogens is 276 g/mol. The van der Waals surface area contributed by atoms with Crippen LogP contribution in [0.2, 0.25) is 0 Å². The summed E-state index contributed by atoms with van der Waals surface area (Å²) in [7, 11) is 0. The minimum atomic E-state index is -0.275. The first-order valence-corrected chi connectivity index (χ1v) is 9.29. The lowest BCUT2D eigenvalue weighted by molar-refractivity contribution is 0.167. The van der Waals surface area contributed by atoms with Crippen LogP contribution in [0.4, 0.5) is 0 Å². The molecule has 0 aliphatic heterocycles. The van der Waals surface area contributed by atoms with Gasteiger partial charge in [0.05, 0.1) is 6.10 Å². The number of unbranched alkanes of at least 4 members (excludes halogenated alkanes) is 7. The molecule has 1 aromatic carbocycles. The molecule has 2 aromatic rings. The average Bonchev–Trinajstić information content (AvgIpc) is 2.94. The van der Waals surface area contributed by atoms with Gasteiger partial charge in [0.25, 0.3) is 0 Å². The van der Waals surface area contributed by atoms with E-state index in [9.17, 15) is 5.11 Å². The van der Waals surface area contributed by atoms with E-state index in [0.717, 1.165) is 17.7 Å². The molecule has 0 saturated heterocycles. The zero-order valence-electron chi connectivity index (χ0n) is 13.2. The van der Waals surface area contributed by atoms with Crippen molar-refractivity contribution in [1.29, 1.82) is 0 Å². The standard InChI is InChI=1S/C19H28OS/c1-2-3-4-5-6-7-8-9-13-17(20)19-15-16-12-10-11-14-18(16)21-19/h10-12,14-15,17,20H,2-9,13H2,1H3. The van der Waals surface area contributed by atoms with Crippen molar-refractivity contribution < 1.29 is 5.11 Å². The summed E-state index contributed by atoms with van der Waals surface area (Å²) < 4.78 is 1.28. The van der Waals surface area contributed by atoms with E-state index in [1.165, 1.54) is 55.0 Å². The molecule has 0 saturated carbocycles. The van der Waals surface area contributed by atoms with Gasteiger partial charge in [-0.1, -0.05) is 76.5 Å². The Bertz CT molecular complexity index is 484. The van der Waals surface area contributed by atoms with E-state index in [-0.39, 0.29) is 6.10 Å². The summed E-state index contributed by atoms with van der Waals surface area (Å²) in [5.74, 6) is 0. The van der Waals surface area contributed by atoms with E-state index in [0.29, 0.717) is 0 Å². The molecule has 0 aliphatic carbocycles. The lowest BCUT2D eigenvalue weighted by Gasteiger charge is -2.08. The number of benzene rings is 1. The van der Waals surface area contributed by atoms with Crippen LogP contribution in [0.1, 0.15) is 75.7 Å². The first kappa shape index (κ1) is 16.5. The lowest BCUT2D eigenvalue weighted by Crippen LogP contribution is -1.94. The van der Waals surface area contributed by atoms with E-state index in [4.69, 9.17) is 0 Å². The van der Waals surface area contributed by atoms with Crippen LogP contribution in [0.5, 0.6) is 0 Å². The minimum Gasteiger partial charge on any atom is -0.388 e. The summed E-state index contributed by atoms with van der Waals surface area (Å²) in [6, 6.07) is 10.5. The third-order valence-corrected chi connectivity index (χ3v) is 5.32. The van der Waals surface area contributed by atoms with Gasteiger partial charge in [-0.3, -0.25) is 0 Å². The highest BCUT2D eigenvalue weighted by molar-refractivity contribution is 7.19. The van der Waals surface area contributed by atoms with Gasteiger partial charge in [0.2, 0.25) is 0 Å². The van der Waals surface area contributed by atoms with Crippen LogP contribution in [0.25, 0.3) is 10.1 Å². The molecule has 2 heteroatoms. The van der Waals surface area contributed by atoms with Crippen molar-refractivity contribution in [1.82, 2.24) is 0 Å². The van der Waals surface area contributed by atoms with Crippen molar-refractivity contribution in [3.8, 4) is 0 Å². The monoisotopic (exact) mass is 304 g/mol. The lowest BCUT2D eigenvalue weighted by atomic mass is 10.0. The Morgan fingerprint density at radius 2 is 1.62 bits per heavy atom. The number of aliphatic hydroxyl groups is 1. The Morgan fingerprint density at radius 3 is 2.33 bits per heavy atom. The van der Waals surface area contributed by atoms with E-state index in [1.54, 1.807) is 11.3 Å². The van der Waals surface area contributed by atoms with Crippen molar-refractivity contribution in [3.05, 3.63) is 35.2 Å².